The average Bonchev–Trinajstić information content (AvgIpc) is 2.67. The minimum Gasteiger partial charge on any atom is -0.383 e. The molecule has 0 aliphatic rings. The number of benzene rings is 2. The SMILES string of the molecule is N#COc1c(N=C=S)c(N=C=S)cc(-c2ccc(N=C=S)cc2)c1N=C=S. The molecule has 0 unspecified atom stereocenters. The fourth-order valence-corrected chi connectivity index (χ4v) is 2.59. The van der Waals surface area contributed by atoms with Crippen LogP contribution in [-0.2, 0) is 0 Å². The van der Waals surface area contributed by atoms with Crippen molar-refractivity contribution in [3.63, 3.8) is 0 Å². The van der Waals surface area contributed by atoms with Crippen LogP contribution < -0.4 is 4.74 Å². The van der Waals surface area contributed by atoms with E-state index < -0.39 is 0 Å². The van der Waals surface area contributed by atoms with Gasteiger partial charge in [-0.25, -0.2) is 0 Å². The summed E-state index contributed by atoms with van der Waals surface area (Å²) >= 11 is 18.7. The van der Waals surface area contributed by atoms with Gasteiger partial charge in [0.25, 0.3) is 6.26 Å². The van der Waals surface area contributed by atoms with Gasteiger partial charge < -0.3 is 4.74 Å². The summed E-state index contributed by atoms with van der Waals surface area (Å²) in [5, 5.41) is 18.1. The molecule has 0 aliphatic heterocycles. The number of thiocarbonyl (C=S) groups is 4. The molecule has 0 spiro atoms. The van der Waals surface area contributed by atoms with Gasteiger partial charge in [-0.2, -0.15) is 20.0 Å². The van der Waals surface area contributed by atoms with Gasteiger partial charge in [0.05, 0.1) is 26.3 Å². The first kappa shape index (κ1) is 20.2. The minimum absolute atomic E-state index is 0.00492. The van der Waals surface area contributed by atoms with Crippen LogP contribution in [-0.4, -0.2) is 20.6 Å². The van der Waals surface area contributed by atoms with Gasteiger partial charge in [0, 0.05) is 5.56 Å². The number of ether oxygens (including phenoxy) is 1. The summed E-state index contributed by atoms with van der Waals surface area (Å²) in [6.07, 6.45) is 1.59. The molecule has 0 radical (unpaired) electrons. The molecule has 2 rings (SSSR count). The Morgan fingerprint density at radius 1 is 0.778 bits per heavy atom. The molecule has 10 heteroatoms. The average molecular weight is 424 g/mol. The molecule has 0 fully saturated rings. The lowest BCUT2D eigenvalue weighted by Gasteiger charge is -2.12. The van der Waals surface area contributed by atoms with E-state index >= 15 is 0 Å². The van der Waals surface area contributed by atoms with E-state index in [1.165, 1.54) is 0 Å². The first-order valence-corrected chi connectivity index (χ1v) is 8.52. The largest absolute Gasteiger partial charge is 0.383 e. The first-order chi connectivity index (χ1) is 13.2. The van der Waals surface area contributed by atoms with E-state index in [9.17, 15) is 0 Å². The van der Waals surface area contributed by atoms with Crippen molar-refractivity contribution in [3.8, 4) is 23.1 Å². The molecular weight excluding hydrogens is 418 g/mol. The van der Waals surface area contributed by atoms with Crippen LogP contribution in [0.4, 0.5) is 22.7 Å². The van der Waals surface area contributed by atoms with Crippen LogP contribution in [0, 0.1) is 11.5 Å². The maximum absolute atomic E-state index is 9.04. The van der Waals surface area contributed by atoms with Crippen molar-refractivity contribution < 1.29 is 4.74 Å². The van der Waals surface area contributed by atoms with Crippen molar-refractivity contribution >= 4 is 92.3 Å². The highest BCUT2D eigenvalue weighted by Gasteiger charge is 2.21. The number of hydrogen-bond acceptors (Lipinski definition) is 10. The summed E-state index contributed by atoms with van der Waals surface area (Å²) in [6, 6.07) is 8.64. The number of aliphatic imine (C=N–C) groups is 4. The van der Waals surface area contributed by atoms with Crippen LogP contribution in [0.15, 0.2) is 50.3 Å². The van der Waals surface area contributed by atoms with Gasteiger partial charge in [0.2, 0.25) is 0 Å². The molecule has 0 bridgehead atoms. The van der Waals surface area contributed by atoms with E-state index in [4.69, 9.17) is 22.2 Å². The molecule has 0 N–H and O–H groups in total. The van der Waals surface area contributed by atoms with Gasteiger partial charge >= 0.3 is 0 Å². The van der Waals surface area contributed by atoms with E-state index in [1.54, 1.807) is 36.6 Å². The maximum Gasteiger partial charge on any atom is 0.292 e. The van der Waals surface area contributed by atoms with Crippen molar-refractivity contribution in [3.05, 3.63) is 30.3 Å². The number of isothiocyanates is 4. The maximum atomic E-state index is 9.04. The summed E-state index contributed by atoms with van der Waals surface area (Å²) in [6.45, 7) is 0. The zero-order chi connectivity index (χ0) is 19.6. The molecule has 0 saturated heterocycles. The van der Waals surface area contributed by atoms with Gasteiger partial charge in [-0.1, -0.05) is 12.1 Å². The molecule has 6 nitrogen and oxygen atoms in total. The zero-order valence-electron chi connectivity index (χ0n) is 13.2. The van der Waals surface area contributed by atoms with Crippen LogP contribution >= 0.6 is 48.9 Å². The fraction of sp³-hybridized carbons (Fsp3) is 0. The molecule has 0 saturated carbocycles. The second kappa shape index (κ2) is 10.2. The molecule has 128 valence electrons. The van der Waals surface area contributed by atoms with Crippen LogP contribution in [0.1, 0.15) is 0 Å². The predicted molar refractivity (Wildman–Crippen MR) is 117 cm³/mol. The lowest BCUT2D eigenvalue weighted by molar-refractivity contribution is 0.510. The number of nitrogens with zero attached hydrogens (tertiary/aromatic N) is 5. The molecular formula is C17H5N5OS4. The van der Waals surface area contributed by atoms with Crippen molar-refractivity contribution in [2.75, 3.05) is 0 Å². The summed E-state index contributed by atoms with van der Waals surface area (Å²) in [5.41, 5.74) is 2.50. The van der Waals surface area contributed by atoms with E-state index in [2.05, 4.69) is 77.3 Å². The molecule has 0 amide bonds. The molecule has 27 heavy (non-hydrogen) atoms. The van der Waals surface area contributed by atoms with E-state index in [0.29, 0.717) is 16.8 Å². The lowest BCUT2D eigenvalue weighted by atomic mass is 10.0. The Morgan fingerprint density at radius 3 is 1.93 bits per heavy atom. The smallest absolute Gasteiger partial charge is 0.292 e. The Bertz CT molecular complexity index is 1130. The fourth-order valence-electron chi connectivity index (χ4n) is 2.20. The van der Waals surface area contributed by atoms with Gasteiger partial charge in [0.15, 0.2) is 5.75 Å². The van der Waals surface area contributed by atoms with Crippen molar-refractivity contribution in [1.29, 1.82) is 5.26 Å². The zero-order valence-corrected chi connectivity index (χ0v) is 16.4. The van der Waals surface area contributed by atoms with Crippen molar-refractivity contribution in [2.45, 2.75) is 0 Å². The summed E-state index contributed by atoms with van der Waals surface area (Å²) < 4.78 is 5.07. The van der Waals surface area contributed by atoms with E-state index in [1.807, 2.05) is 0 Å². The third-order valence-corrected chi connectivity index (χ3v) is 3.56. The minimum atomic E-state index is -0.00492. The van der Waals surface area contributed by atoms with Gasteiger partial charge in [-0.15, -0.1) is 5.26 Å². The summed E-state index contributed by atoms with van der Waals surface area (Å²) in [7, 11) is 0. The predicted octanol–water partition coefficient (Wildman–Crippen LogP) is 6.15. The Labute approximate surface area is 175 Å². The van der Waals surface area contributed by atoms with Crippen molar-refractivity contribution in [2.24, 2.45) is 20.0 Å². The quantitative estimate of drug-likeness (QED) is 0.315. The Morgan fingerprint density at radius 2 is 1.37 bits per heavy atom. The molecule has 0 aliphatic carbocycles. The van der Waals surface area contributed by atoms with E-state index in [0.717, 1.165) is 0 Å². The highest BCUT2D eigenvalue weighted by atomic mass is 32.1. The second-order valence-corrected chi connectivity index (χ2v) is 5.25. The number of rotatable bonds is 6. The van der Waals surface area contributed by atoms with Crippen molar-refractivity contribution in [1.82, 2.24) is 0 Å². The van der Waals surface area contributed by atoms with Crippen LogP contribution in [0.2, 0.25) is 0 Å². The third-order valence-electron chi connectivity index (χ3n) is 3.19. The summed E-state index contributed by atoms with van der Waals surface area (Å²) in [5.74, 6) is -0.00492. The molecule has 0 aromatic heterocycles. The molecule has 2 aromatic carbocycles. The van der Waals surface area contributed by atoms with Gasteiger partial charge in [-0.05, 0) is 72.6 Å². The van der Waals surface area contributed by atoms with Crippen LogP contribution in [0.25, 0.3) is 11.1 Å². The van der Waals surface area contributed by atoms with Crippen LogP contribution in [0.3, 0.4) is 0 Å². The highest BCUT2D eigenvalue weighted by molar-refractivity contribution is 7.78. The number of hydrogen-bond donors (Lipinski definition) is 0. The Kier molecular flexibility index (Phi) is 7.63. The highest BCUT2D eigenvalue weighted by Crippen LogP contribution is 2.50. The standard InChI is InChI=1S/C17H5N5OS4/c18-6-23-17-15(21-9-26)13(5-14(20-8-25)16(17)22-10-27)11-1-3-12(4-2-11)19-7-24/h1-5H. The first-order valence-electron chi connectivity index (χ1n) is 6.89. The molecule has 2 aromatic rings. The normalized spacial score (nSPS) is 8.70. The molecule has 0 heterocycles. The lowest BCUT2D eigenvalue weighted by Crippen LogP contribution is -1.89. The van der Waals surface area contributed by atoms with Crippen LogP contribution in [0.5, 0.6) is 5.75 Å². The Balaban J connectivity index is 2.92. The Hall–Kier alpha value is -3.07. The third kappa shape index (κ3) is 4.76. The number of nitriles is 1. The second-order valence-electron chi connectivity index (χ2n) is 4.52. The molecule has 0 atom stereocenters. The monoisotopic (exact) mass is 423 g/mol. The topological polar surface area (TPSA) is 82.5 Å². The van der Waals surface area contributed by atoms with E-state index in [-0.39, 0.29) is 22.8 Å². The van der Waals surface area contributed by atoms with Gasteiger partial charge in [0.1, 0.15) is 17.1 Å². The van der Waals surface area contributed by atoms with Gasteiger partial charge in [-0.3, -0.25) is 0 Å². The summed E-state index contributed by atoms with van der Waals surface area (Å²) in [4.78, 5) is 15.8.